The number of hydrogen-bond acceptors (Lipinski definition) is 2. The molecular weight excluding hydrogens is 196 g/mol. The van der Waals surface area contributed by atoms with Crippen molar-refractivity contribution in [3.05, 3.63) is 0 Å². The highest BCUT2D eigenvalue weighted by atomic mass is 15.2. The number of nitrogens with one attached hydrogen (secondary N) is 1. The average molecular weight is 224 g/mol. The first-order valence-corrected chi connectivity index (χ1v) is 7.25. The summed E-state index contributed by atoms with van der Waals surface area (Å²) in [6.45, 7) is 8.63. The molecule has 2 nitrogen and oxygen atoms in total. The minimum atomic E-state index is 0.766. The van der Waals surface area contributed by atoms with E-state index in [-0.39, 0.29) is 0 Å². The number of rotatable bonds is 3. The van der Waals surface area contributed by atoms with Gasteiger partial charge in [-0.25, -0.2) is 0 Å². The van der Waals surface area contributed by atoms with Crippen LogP contribution in [0.5, 0.6) is 0 Å². The zero-order chi connectivity index (χ0) is 11.4. The molecule has 0 spiro atoms. The summed E-state index contributed by atoms with van der Waals surface area (Å²) in [5.74, 6) is 0.827. The summed E-state index contributed by atoms with van der Waals surface area (Å²) in [4.78, 5) is 2.74. The van der Waals surface area contributed by atoms with E-state index in [1.807, 2.05) is 0 Å². The number of hydrogen-bond donors (Lipinski definition) is 1. The van der Waals surface area contributed by atoms with Crippen LogP contribution in [0.2, 0.25) is 0 Å². The molecule has 0 aromatic rings. The second-order valence-corrected chi connectivity index (χ2v) is 5.95. The van der Waals surface area contributed by atoms with Crippen LogP contribution in [0.25, 0.3) is 0 Å². The summed E-state index contributed by atoms with van der Waals surface area (Å²) in [6.07, 6.45) is 8.46. The average Bonchev–Trinajstić information content (AvgIpc) is 2.55. The molecule has 2 aliphatic heterocycles. The zero-order valence-corrected chi connectivity index (χ0v) is 11.0. The summed E-state index contributed by atoms with van der Waals surface area (Å²) in [5, 5.41) is 3.73. The first-order valence-electron chi connectivity index (χ1n) is 7.25. The summed E-state index contributed by atoms with van der Waals surface area (Å²) < 4.78 is 0. The van der Waals surface area contributed by atoms with E-state index in [0.717, 1.165) is 18.0 Å². The Morgan fingerprint density at radius 1 is 1.12 bits per heavy atom. The van der Waals surface area contributed by atoms with E-state index in [0.29, 0.717) is 0 Å². The third-order valence-corrected chi connectivity index (χ3v) is 4.30. The molecule has 0 amide bonds. The van der Waals surface area contributed by atoms with Crippen molar-refractivity contribution in [3.63, 3.8) is 0 Å². The van der Waals surface area contributed by atoms with Gasteiger partial charge >= 0.3 is 0 Å². The SMILES string of the molecule is CC(C)C1CCCN1CC1CCCCCN1. The topological polar surface area (TPSA) is 15.3 Å². The Hall–Kier alpha value is -0.0800. The molecule has 2 rings (SSSR count). The highest BCUT2D eigenvalue weighted by molar-refractivity contribution is 4.85. The molecule has 94 valence electrons. The van der Waals surface area contributed by atoms with E-state index >= 15 is 0 Å². The Kier molecular flexibility index (Phi) is 4.66. The van der Waals surface area contributed by atoms with Gasteiger partial charge in [0, 0.05) is 18.6 Å². The van der Waals surface area contributed by atoms with Crippen LogP contribution in [0.15, 0.2) is 0 Å². The van der Waals surface area contributed by atoms with E-state index in [9.17, 15) is 0 Å². The van der Waals surface area contributed by atoms with Gasteiger partial charge in [-0.2, -0.15) is 0 Å². The van der Waals surface area contributed by atoms with Crippen molar-refractivity contribution in [1.82, 2.24) is 10.2 Å². The van der Waals surface area contributed by atoms with Crippen LogP contribution in [-0.2, 0) is 0 Å². The third-order valence-electron chi connectivity index (χ3n) is 4.30. The van der Waals surface area contributed by atoms with Gasteiger partial charge in [0.05, 0.1) is 0 Å². The van der Waals surface area contributed by atoms with E-state index < -0.39 is 0 Å². The first-order chi connectivity index (χ1) is 7.77. The maximum Gasteiger partial charge on any atom is 0.0195 e. The molecule has 0 aromatic heterocycles. The van der Waals surface area contributed by atoms with Crippen LogP contribution in [0.4, 0.5) is 0 Å². The Balaban J connectivity index is 1.82. The van der Waals surface area contributed by atoms with Gasteiger partial charge in [0.2, 0.25) is 0 Å². The van der Waals surface area contributed by atoms with Gasteiger partial charge in [-0.05, 0) is 44.7 Å². The van der Waals surface area contributed by atoms with Crippen molar-refractivity contribution in [2.75, 3.05) is 19.6 Å². The second kappa shape index (κ2) is 6.02. The van der Waals surface area contributed by atoms with Gasteiger partial charge in [0.1, 0.15) is 0 Å². The van der Waals surface area contributed by atoms with Gasteiger partial charge < -0.3 is 5.32 Å². The predicted molar refractivity (Wildman–Crippen MR) is 69.7 cm³/mol. The third kappa shape index (κ3) is 3.21. The molecule has 0 saturated carbocycles. The number of likely N-dealkylation sites (tertiary alicyclic amines) is 1. The van der Waals surface area contributed by atoms with Crippen molar-refractivity contribution in [2.24, 2.45) is 5.92 Å². The molecule has 2 heteroatoms. The predicted octanol–water partition coefficient (Wildman–Crippen LogP) is 2.64. The monoisotopic (exact) mass is 224 g/mol. The quantitative estimate of drug-likeness (QED) is 0.793. The van der Waals surface area contributed by atoms with Gasteiger partial charge in [0.15, 0.2) is 0 Å². The van der Waals surface area contributed by atoms with Crippen LogP contribution < -0.4 is 5.32 Å². The lowest BCUT2D eigenvalue weighted by atomic mass is 10.0. The fraction of sp³-hybridized carbons (Fsp3) is 1.00. The lowest BCUT2D eigenvalue weighted by Gasteiger charge is -2.31. The molecule has 1 N–H and O–H groups in total. The van der Waals surface area contributed by atoms with Crippen LogP contribution in [0.3, 0.4) is 0 Å². The maximum atomic E-state index is 3.73. The first kappa shape index (κ1) is 12.4. The van der Waals surface area contributed by atoms with Crippen molar-refractivity contribution < 1.29 is 0 Å². The molecule has 0 radical (unpaired) electrons. The van der Waals surface area contributed by atoms with Crippen molar-refractivity contribution in [3.8, 4) is 0 Å². The lowest BCUT2D eigenvalue weighted by molar-refractivity contribution is 0.184. The molecule has 2 heterocycles. The van der Waals surface area contributed by atoms with Crippen LogP contribution >= 0.6 is 0 Å². The second-order valence-electron chi connectivity index (χ2n) is 5.95. The van der Waals surface area contributed by atoms with Gasteiger partial charge in [0.25, 0.3) is 0 Å². The van der Waals surface area contributed by atoms with Crippen LogP contribution in [-0.4, -0.2) is 36.6 Å². The largest absolute Gasteiger partial charge is 0.313 e. The Morgan fingerprint density at radius 3 is 2.81 bits per heavy atom. The molecule has 2 aliphatic rings. The molecule has 0 aliphatic carbocycles. The van der Waals surface area contributed by atoms with Crippen molar-refractivity contribution in [2.45, 2.75) is 64.5 Å². The fourth-order valence-electron chi connectivity index (χ4n) is 3.37. The molecule has 0 aromatic carbocycles. The van der Waals surface area contributed by atoms with Crippen LogP contribution in [0, 0.1) is 5.92 Å². The Labute approximate surface area is 101 Å². The standard InChI is InChI=1S/C14H28N2/c1-12(2)14-8-6-10-16(14)11-13-7-4-3-5-9-15-13/h12-15H,3-11H2,1-2H3. The van der Waals surface area contributed by atoms with Gasteiger partial charge in [-0.1, -0.05) is 26.7 Å². The molecule has 16 heavy (non-hydrogen) atoms. The summed E-state index contributed by atoms with van der Waals surface area (Å²) >= 11 is 0. The fourth-order valence-corrected chi connectivity index (χ4v) is 3.37. The smallest absolute Gasteiger partial charge is 0.0195 e. The van der Waals surface area contributed by atoms with Crippen molar-refractivity contribution >= 4 is 0 Å². The molecular formula is C14H28N2. The minimum Gasteiger partial charge on any atom is -0.313 e. The van der Waals surface area contributed by atoms with Gasteiger partial charge in [-0.15, -0.1) is 0 Å². The summed E-state index contributed by atoms with van der Waals surface area (Å²) in [5.41, 5.74) is 0. The highest BCUT2D eigenvalue weighted by Crippen LogP contribution is 2.24. The normalized spacial score (nSPS) is 33.2. The van der Waals surface area contributed by atoms with E-state index in [1.54, 1.807) is 0 Å². The molecule has 2 fully saturated rings. The number of nitrogens with zero attached hydrogens (tertiary/aromatic N) is 1. The Bertz CT molecular complexity index is 195. The summed E-state index contributed by atoms with van der Waals surface area (Å²) in [7, 11) is 0. The van der Waals surface area contributed by atoms with E-state index in [2.05, 4.69) is 24.1 Å². The van der Waals surface area contributed by atoms with Crippen molar-refractivity contribution in [1.29, 1.82) is 0 Å². The Morgan fingerprint density at radius 2 is 2.00 bits per heavy atom. The molecule has 2 unspecified atom stereocenters. The van der Waals surface area contributed by atoms with E-state index in [4.69, 9.17) is 0 Å². The minimum absolute atomic E-state index is 0.766. The molecule has 2 saturated heterocycles. The van der Waals surface area contributed by atoms with Crippen LogP contribution in [0.1, 0.15) is 52.4 Å². The van der Waals surface area contributed by atoms with E-state index in [1.165, 1.54) is 58.2 Å². The highest BCUT2D eigenvalue weighted by Gasteiger charge is 2.28. The maximum absolute atomic E-state index is 3.73. The molecule has 2 atom stereocenters. The summed E-state index contributed by atoms with van der Waals surface area (Å²) in [6, 6.07) is 1.62. The zero-order valence-electron chi connectivity index (χ0n) is 11.0. The van der Waals surface area contributed by atoms with Gasteiger partial charge in [-0.3, -0.25) is 4.90 Å². The molecule has 0 bridgehead atoms. The lowest BCUT2D eigenvalue weighted by Crippen LogP contribution is -2.44.